The van der Waals surface area contributed by atoms with Crippen LogP contribution in [0, 0.1) is 0 Å². The zero-order chi connectivity index (χ0) is 45.5. The van der Waals surface area contributed by atoms with Gasteiger partial charge in [0.2, 0.25) is 11.8 Å². The van der Waals surface area contributed by atoms with Gasteiger partial charge >= 0.3 is 0 Å². The van der Waals surface area contributed by atoms with Gasteiger partial charge in [0.25, 0.3) is 17.7 Å². The van der Waals surface area contributed by atoms with E-state index in [1.807, 2.05) is 53.4 Å². The van der Waals surface area contributed by atoms with Crippen molar-refractivity contribution in [1.29, 1.82) is 0 Å². The van der Waals surface area contributed by atoms with Crippen molar-refractivity contribution >= 4 is 69.5 Å². The Morgan fingerprint density at radius 2 is 1.64 bits per heavy atom. The first-order valence-corrected chi connectivity index (χ1v) is 22.2. The average molecular weight is 907 g/mol. The SMILES string of the molecule is O=C1CCC(N2C(=O)c3ccc(N4CCN(Cc5ccc(C(=O)N6CCCC(Nc7ncnc8[nH]cc(C(=O)c9ccc(Oc%10ccccc%10)cc9Cl)c78)C6)cn5)CC4)cc3C2=O)C(=O)N1. The van der Waals surface area contributed by atoms with E-state index in [1.165, 1.54) is 6.33 Å². The molecule has 2 unspecified atom stereocenters. The second-order valence-electron chi connectivity index (χ2n) is 16.7. The van der Waals surface area contributed by atoms with Crippen LogP contribution < -0.4 is 20.3 Å². The van der Waals surface area contributed by atoms with E-state index in [-0.39, 0.29) is 46.7 Å². The molecule has 4 aliphatic rings. The van der Waals surface area contributed by atoms with Crippen molar-refractivity contribution in [2.75, 3.05) is 49.5 Å². The minimum Gasteiger partial charge on any atom is -0.457 e. The number of halogens is 1. The molecule has 6 aromatic rings. The number of para-hydroxylation sites is 1. The minimum atomic E-state index is -1.01. The van der Waals surface area contributed by atoms with Gasteiger partial charge in [-0.15, -0.1) is 0 Å². The number of piperazine rings is 1. The largest absolute Gasteiger partial charge is 0.457 e. The smallest absolute Gasteiger partial charge is 0.262 e. The zero-order valence-electron chi connectivity index (χ0n) is 35.5. The van der Waals surface area contributed by atoms with E-state index in [0.29, 0.717) is 77.8 Å². The Morgan fingerprint density at radius 3 is 2.41 bits per heavy atom. The molecule has 3 aromatic heterocycles. The summed E-state index contributed by atoms with van der Waals surface area (Å²) in [6.45, 7) is 4.39. The molecule has 0 bridgehead atoms. The number of amides is 5. The van der Waals surface area contributed by atoms with Crippen molar-refractivity contribution < 1.29 is 33.5 Å². The molecule has 3 N–H and O–H groups in total. The number of H-pyrrole nitrogens is 1. The first-order valence-electron chi connectivity index (χ1n) is 21.8. The Bertz CT molecular complexity index is 2920. The molecule has 7 heterocycles. The Labute approximate surface area is 383 Å². The minimum absolute atomic E-state index is 0.0645. The molecule has 4 aliphatic heterocycles. The van der Waals surface area contributed by atoms with Crippen LogP contribution in [-0.2, 0) is 16.1 Å². The third-order valence-electron chi connectivity index (χ3n) is 12.5. The van der Waals surface area contributed by atoms with Crippen LogP contribution in [0.4, 0.5) is 11.5 Å². The number of carbonyl (C=O) groups is 6. The lowest BCUT2D eigenvalue weighted by molar-refractivity contribution is -0.136. The Morgan fingerprint density at radius 1 is 0.818 bits per heavy atom. The maximum absolute atomic E-state index is 13.9. The van der Waals surface area contributed by atoms with Gasteiger partial charge < -0.3 is 24.8 Å². The third-order valence-corrected chi connectivity index (χ3v) is 12.9. The standard InChI is InChI=1S/C48H43ClN10O7/c49-38-22-33(66-32-6-2-1-3-7-32)11-13-35(38)42(61)37-24-51-43-41(37)44(53-27-52-43)54-30-5-4-16-58(26-30)46(63)28-8-9-29(50-23-28)25-56-17-19-57(20-18-56)31-10-12-34-36(21-31)48(65)59(47(34)64)39-14-15-40(60)55-45(39)62/h1-3,6-13,21-24,27,30,39H,4-5,14-20,25-26H2,(H,55,60,62)(H2,51,52,53,54). The first-order chi connectivity index (χ1) is 32.1. The number of likely N-dealkylation sites (tertiary alicyclic amines) is 1. The van der Waals surface area contributed by atoms with Gasteiger partial charge in [-0.2, -0.15) is 0 Å². The van der Waals surface area contributed by atoms with E-state index in [1.54, 1.807) is 42.7 Å². The molecule has 334 valence electrons. The highest BCUT2D eigenvalue weighted by molar-refractivity contribution is 6.36. The summed E-state index contributed by atoms with van der Waals surface area (Å²) >= 11 is 6.64. The van der Waals surface area contributed by atoms with Crippen LogP contribution in [0.15, 0.2) is 97.6 Å². The third kappa shape index (κ3) is 8.33. The topological polar surface area (TPSA) is 203 Å². The van der Waals surface area contributed by atoms with Crippen LogP contribution in [0.2, 0.25) is 5.02 Å². The Balaban J connectivity index is 0.738. The number of anilines is 2. The van der Waals surface area contributed by atoms with Crippen LogP contribution in [-0.4, -0.2) is 121 Å². The molecule has 0 radical (unpaired) electrons. The number of ketones is 1. The quantitative estimate of drug-likeness (QED) is 0.109. The van der Waals surface area contributed by atoms with Crippen LogP contribution in [0.1, 0.15) is 78.4 Å². The fraction of sp³-hybridized carbons (Fsp3) is 0.271. The highest BCUT2D eigenvalue weighted by Gasteiger charge is 2.45. The summed E-state index contributed by atoms with van der Waals surface area (Å²) < 4.78 is 5.90. The summed E-state index contributed by atoms with van der Waals surface area (Å²) in [5.74, 6) is -0.897. The molecule has 2 atom stereocenters. The summed E-state index contributed by atoms with van der Waals surface area (Å²) in [7, 11) is 0. The summed E-state index contributed by atoms with van der Waals surface area (Å²) in [5.41, 5.74) is 3.79. The number of benzene rings is 3. The molecular formula is C48H43ClN10O7. The number of hydrogen-bond donors (Lipinski definition) is 3. The van der Waals surface area contributed by atoms with Crippen molar-refractivity contribution in [1.82, 2.24) is 40.0 Å². The normalized spacial score (nSPS) is 19.0. The van der Waals surface area contributed by atoms with Gasteiger partial charge in [-0.1, -0.05) is 29.8 Å². The molecule has 66 heavy (non-hydrogen) atoms. The van der Waals surface area contributed by atoms with Gasteiger partial charge in [0.15, 0.2) is 5.78 Å². The van der Waals surface area contributed by atoms with E-state index in [9.17, 15) is 28.8 Å². The highest BCUT2D eigenvalue weighted by Crippen LogP contribution is 2.34. The van der Waals surface area contributed by atoms with E-state index in [0.717, 1.165) is 42.2 Å². The molecule has 3 saturated heterocycles. The number of imide groups is 2. The van der Waals surface area contributed by atoms with E-state index in [4.69, 9.17) is 16.3 Å². The predicted octanol–water partition coefficient (Wildman–Crippen LogP) is 5.47. The number of fused-ring (bicyclic) bond motifs is 2. The number of nitrogens with zero attached hydrogens (tertiary/aromatic N) is 7. The van der Waals surface area contributed by atoms with Crippen molar-refractivity contribution in [2.24, 2.45) is 0 Å². The van der Waals surface area contributed by atoms with Crippen molar-refractivity contribution in [2.45, 2.75) is 44.3 Å². The average Bonchev–Trinajstić information content (AvgIpc) is 3.88. The molecule has 17 nitrogen and oxygen atoms in total. The molecule has 3 fully saturated rings. The van der Waals surface area contributed by atoms with E-state index < -0.39 is 29.7 Å². The fourth-order valence-corrected chi connectivity index (χ4v) is 9.37. The number of aromatic nitrogens is 4. The maximum Gasteiger partial charge on any atom is 0.262 e. The number of piperidine rings is 2. The Kier molecular flexibility index (Phi) is 11.5. The van der Waals surface area contributed by atoms with Gasteiger partial charge in [-0.25, -0.2) is 9.97 Å². The van der Waals surface area contributed by atoms with E-state index in [2.05, 4.69) is 40.4 Å². The summed E-state index contributed by atoms with van der Waals surface area (Å²) in [5, 5.41) is 6.50. The summed E-state index contributed by atoms with van der Waals surface area (Å²) in [6.07, 6.45) is 6.39. The molecule has 0 spiro atoms. The number of nitrogens with one attached hydrogen (secondary N) is 3. The van der Waals surface area contributed by atoms with Crippen molar-refractivity contribution in [3.8, 4) is 11.5 Å². The molecule has 3 aromatic carbocycles. The molecular weight excluding hydrogens is 864 g/mol. The molecule has 18 heteroatoms. The predicted molar refractivity (Wildman–Crippen MR) is 243 cm³/mol. The number of hydrogen-bond acceptors (Lipinski definition) is 13. The van der Waals surface area contributed by atoms with Gasteiger partial charge in [0, 0.05) is 88.0 Å². The van der Waals surface area contributed by atoms with E-state index >= 15 is 0 Å². The second kappa shape index (κ2) is 17.8. The van der Waals surface area contributed by atoms with Crippen molar-refractivity contribution in [3.05, 3.63) is 136 Å². The fourth-order valence-electron chi connectivity index (χ4n) is 9.11. The number of pyridine rings is 1. The lowest BCUT2D eigenvalue weighted by atomic mass is 10.0. The zero-order valence-corrected chi connectivity index (χ0v) is 36.3. The van der Waals surface area contributed by atoms with Crippen LogP contribution in [0.3, 0.4) is 0 Å². The van der Waals surface area contributed by atoms with Crippen LogP contribution in [0.5, 0.6) is 11.5 Å². The number of ether oxygens (including phenoxy) is 1. The monoisotopic (exact) mass is 906 g/mol. The van der Waals surface area contributed by atoms with Gasteiger partial charge in [-0.05, 0) is 73.9 Å². The molecule has 10 rings (SSSR count). The highest BCUT2D eigenvalue weighted by atomic mass is 35.5. The molecule has 0 saturated carbocycles. The lowest BCUT2D eigenvalue weighted by Gasteiger charge is -2.36. The Hall–Kier alpha value is -7.50. The number of carbonyl (C=O) groups excluding carboxylic acids is 6. The summed E-state index contributed by atoms with van der Waals surface area (Å²) in [6, 6.07) is 22.0. The van der Waals surface area contributed by atoms with Crippen molar-refractivity contribution in [3.63, 3.8) is 0 Å². The molecule has 5 amide bonds. The lowest BCUT2D eigenvalue weighted by Crippen LogP contribution is -2.54. The molecule has 0 aliphatic carbocycles. The van der Waals surface area contributed by atoms with Gasteiger partial charge in [-0.3, -0.25) is 48.9 Å². The maximum atomic E-state index is 13.9. The first kappa shape index (κ1) is 42.5. The van der Waals surface area contributed by atoms with Crippen LogP contribution >= 0.6 is 11.6 Å². The summed E-state index contributed by atoms with van der Waals surface area (Å²) in [4.78, 5) is 102. The number of aromatic amines is 1. The van der Waals surface area contributed by atoms with Crippen LogP contribution in [0.25, 0.3) is 11.0 Å². The number of rotatable bonds is 11. The second-order valence-corrected chi connectivity index (χ2v) is 17.2. The van der Waals surface area contributed by atoms with Gasteiger partial charge in [0.1, 0.15) is 35.3 Å². The van der Waals surface area contributed by atoms with Gasteiger partial charge in [0.05, 0.1) is 38.4 Å².